The third-order valence-corrected chi connectivity index (χ3v) is 1.94. The van der Waals surface area contributed by atoms with E-state index in [1.807, 2.05) is 6.92 Å². The highest BCUT2D eigenvalue weighted by Gasteiger charge is 2.11. The summed E-state index contributed by atoms with van der Waals surface area (Å²) in [7, 11) is 0. The predicted octanol–water partition coefficient (Wildman–Crippen LogP) is 1.75. The molecule has 0 saturated carbocycles. The van der Waals surface area contributed by atoms with Crippen molar-refractivity contribution in [2.45, 2.75) is 13.3 Å². The smallest absolute Gasteiger partial charge is 0.297 e. The van der Waals surface area contributed by atoms with Crippen LogP contribution in [0.4, 0.5) is 6.01 Å². The number of aryl methyl sites for hydroxylation is 1. The van der Waals surface area contributed by atoms with Crippen LogP contribution in [0.2, 0.25) is 0 Å². The van der Waals surface area contributed by atoms with E-state index in [4.69, 9.17) is 4.42 Å². The van der Waals surface area contributed by atoms with Gasteiger partial charge in [0.1, 0.15) is 6.26 Å². The Morgan fingerprint density at radius 1 is 1.50 bits per heavy atom. The van der Waals surface area contributed by atoms with Crippen LogP contribution >= 0.6 is 0 Å². The summed E-state index contributed by atoms with van der Waals surface area (Å²) in [5.74, 6) is 0. The van der Waals surface area contributed by atoms with Gasteiger partial charge < -0.3 is 9.32 Å². The topological polar surface area (TPSA) is 29.3 Å². The van der Waals surface area contributed by atoms with Crippen molar-refractivity contribution in [2.24, 2.45) is 0 Å². The van der Waals surface area contributed by atoms with Gasteiger partial charge in [-0.2, -0.15) is 4.98 Å². The Bertz CT molecular complexity index is 290. The number of hydrogen-bond donors (Lipinski definition) is 0. The van der Waals surface area contributed by atoms with Crippen molar-refractivity contribution in [3.05, 3.63) is 24.1 Å². The molecule has 0 aromatic carbocycles. The van der Waals surface area contributed by atoms with E-state index in [9.17, 15) is 0 Å². The van der Waals surface area contributed by atoms with E-state index in [1.54, 1.807) is 6.26 Å². The molecule has 0 bridgehead atoms. The molecule has 0 spiro atoms. The number of nitrogens with zero attached hydrogens (tertiary/aromatic N) is 2. The summed E-state index contributed by atoms with van der Waals surface area (Å²) in [5, 5.41) is 0. The molecule has 0 atom stereocenters. The van der Waals surface area contributed by atoms with Crippen molar-refractivity contribution in [3.63, 3.8) is 0 Å². The van der Waals surface area contributed by atoms with Crippen molar-refractivity contribution >= 4 is 6.01 Å². The maximum atomic E-state index is 5.28. The first-order chi connectivity index (χ1) is 5.86. The van der Waals surface area contributed by atoms with E-state index in [1.165, 1.54) is 0 Å². The highest BCUT2D eigenvalue weighted by Crippen LogP contribution is 2.15. The molecule has 0 fully saturated rings. The molecule has 0 radical (unpaired) electrons. The predicted molar refractivity (Wildman–Crippen MR) is 47.2 cm³/mol. The fraction of sp³-hybridized carbons (Fsp3) is 0.444. The van der Waals surface area contributed by atoms with Crippen molar-refractivity contribution < 1.29 is 4.42 Å². The third-order valence-electron chi connectivity index (χ3n) is 1.94. The van der Waals surface area contributed by atoms with Gasteiger partial charge in [-0.05, 0) is 13.3 Å². The van der Waals surface area contributed by atoms with E-state index in [0.29, 0.717) is 0 Å². The largest absolute Gasteiger partial charge is 0.432 e. The Labute approximate surface area is 71.7 Å². The molecule has 0 saturated heterocycles. The number of anilines is 1. The molecule has 3 heteroatoms. The Morgan fingerprint density at radius 2 is 2.42 bits per heavy atom. The van der Waals surface area contributed by atoms with Crippen LogP contribution in [-0.4, -0.2) is 18.1 Å². The van der Waals surface area contributed by atoms with E-state index < -0.39 is 0 Å². The lowest BCUT2D eigenvalue weighted by Gasteiger charge is -2.20. The number of oxazole rings is 1. The van der Waals surface area contributed by atoms with Crippen LogP contribution in [-0.2, 0) is 0 Å². The second-order valence-corrected chi connectivity index (χ2v) is 2.98. The van der Waals surface area contributed by atoms with Crippen LogP contribution in [0.3, 0.4) is 0 Å². The van der Waals surface area contributed by atoms with Gasteiger partial charge in [0.05, 0.1) is 5.69 Å². The van der Waals surface area contributed by atoms with Crippen molar-refractivity contribution in [3.8, 4) is 0 Å². The Balaban J connectivity index is 2.14. The monoisotopic (exact) mass is 164 g/mol. The van der Waals surface area contributed by atoms with E-state index >= 15 is 0 Å². The molecule has 64 valence electrons. The van der Waals surface area contributed by atoms with Crippen LogP contribution in [0, 0.1) is 6.92 Å². The van der Waals surface area contributed by atoms with Gasteiger partial charge in [0.2, 0.25) is 0 Å². The Hall–Kier alpha value is -1.25. The summed E-state index contributed by atoms with van der Waals surface area (Å²) in [6.07, 6.45) is 7.10. The van der Waals surface area contributed by atoms with Gasteiger partial charge in [-0.15, -0.1) is 0 Å². The van der Waals surface area contributed by atoms with Crippen LogP contribution in [0.5, 0.6) is 0 Å². The maximum absolute atomic E-state index is 5.28. The van der Waals surface area contributed by atoms with Crippen LogP contribution in [0.15, 0.2) is 22.8 Å². The second-order valence-electron chi connectivity index (χ2n) is 2.98. The van der Waals surface area contributed by atoms with Gasteiger partial charge in [-0.25, -0.2) is 0 Å². The van der Waals surface area contributed by atoms with Gasteiger partial charge >= 0.3 is 0 Å². The minimum absolute atomic E-state index is 0.747. The normalized spacial score (nSPS) is 16.9. The third kappa shape index (κ3) is 1.35. The van der Waals surface area contributed by atoms with Gasteiger partial charge in [0.25, 0.3) is 6.01 Å². The zero-order valence-electron chi connectivity index (χ0n) is 7.16. The molecule has 0 amide bonds. The summed E-state index contributed by atoms with van der Waals surface area (Å²) in [6.45, 7) is 3.86. The molecular weight excluding hydrogens is 152 g/mol. The first-order valence-electron chi connectivity index (χ1n) is 4.18. The van der Waals surface area contributed by atoms with Gasteiger partial charge in [-0.3, -0.25) is 0 Å². The first-order valence-corrected chi connectivity index (χ1v) is 4.18. The van der Waals surface area contributed by atoms with Gasteiger partial charge in [0, 0.05) is 13.1 Å². The molecule has 2 rings (SSSR count). The maximum Gasteiger partial charge on any atom is 0.297 e. The second kappa shape index (κ2) is 3.01. The Morgan fingerprint density at radius 3 is 3.00 bits per heavy atom. The molecule has 12 heavy (non-hydrogen) atoms. The number of aromatic nitrogens is 1. The zero-order valence-corrected chi connectivity index (χ0v) is 7.16. The average molecular weight is 164 g/mol. The molecule has 2 heterocycles. The SMILES string of the molecule is Cc1coc(N2CC=CCC2)n1. The summed E-state index contributed by atoms with van der Waals surface area (Å²) in [5.41, 5.74) is 0.944. The lowest BCUT2D eigenvalue weighted by molar-refractivity contribution is 0.537. The first kappa shape index (κ1) is 7.40. The molecule has 3 nitrogen and oxygen atoms in total. The Kier molecular flexibility index (Phi) is 1.86. The molecule has 1 aliphatic heterocycles. The molecule has 0 aliphatic carbocycles. The molecular formula is C9H12N2O. The summed E-state index contributed by atoms with van der Waals surface area (Å²) in [4.78, 5) is 6.39. The summed E-state index contributed by atoms with van der Waals surface area (Å²) in [6, 6.07) is 0.747. The molecule has 1 aromatic heterocycles. The average Bonchev–Trinajstić information content (AvgIpc) is 2.54. The summed E-state index contributed by atoms with van der Waals surface area (Å²) >= 11 is 0. The molecule has 0 unspecified atom stereocenters. The van der Waals surface area contributed by atoms with Crippen molar-refractivity contribution in [1.29, 1.82) is 0 Å². The molecule has 1 aromatic rings. The quantitative estimate of drug-likeness (QED) is 0.592. The van der Waals surface area contributed by atoms with Crippen molar-refractivity contribution in [2.75, 3.05) is 18.0 Å². The minimum atomic E-state index is 0.747. The highest BCUT2D eigenvalue weighted by molar-refractivity contribution is 5.29. The van der Waals surface area contributed by atoms with Crippen LogP contribution in [0.25, 0.3) is 0 Å². The number of rotatable bonds is 1. The van der Waals surface area contributed by atoms with Gasteiger partial charge in [-0.1, -0.05) is 12.2 Å². The lowest BCUT2D eigenvalue weighted by Crippen LogP contribution is -2.26. The number of hydrogen-bond acceptors (Lipinski definition) is 3. The standard InChI is InChI=1S/C9H12N2O/c1-8-7-12-9(10-8)11-5-3-2-4-6-11/h2-3,7H,4-6H2,1H3. The van der Waals surface area contributed by atoms with E-state index in [0.717, 1.165) is 31.2 Å². The van der Waals surface area contributed by atoms with Gasteiger partial charge in [0.15, 0.2) is 0 Å². The van der Waals surface area contributed by atoms with E-state index in [-0.39, 0.29) is 0 Å². The minimum Gasteiger partial charge on any atom is -0.432 e. The fourth-order valence-corrected chi connectivity index (χ4v) is 1.30. The molecule has 1 aliphatic rings. The molecule has 0 N–H and O–H groups in total. The zero-order chi connectivity index (χ0) is 8.39. The van der Waals surface area contributed by atoms with E-state index in [2.05, 4.69) is 22.0 Å². The highest BCUT2D eigenvalue weighted by atomic mass is 16.4. The van der Waals surface area contributed by atoms with Crippen LogP contribution in [0.1, 0.15) is 12.1 Å². The summed E-state index contributed by atoms with van der Waals surface area (Å²) < 4.78 is 5.28. The lowest BCUT2D eigenvalue weighted by atomic mass is 10.3. The van der Waals surface area contributed by atoms with Crippen molar-refractivity contribution in [1.82, 2.24) is 4.98 Å². The fourth-order valence-electron chi connectivity index (χ4n) is 1.30. The van der Waals surface area contributed by atoms with Crippen LogP contribution < -0.4 is 4.90 Å².